The largest absolute Gasteiger partial charge is 0.393 e. The third kappa shape index (κ3) is 5.82. The fraction of sp³-hybridized carbons (Fsp3) is 0.286. The quantitative estimate of drug-likeness (QED) is 0.627. The standard InChI is InChI=1S/C21H23ClN4O2/c1-21(2,11-16-5-7-18(22)8-6-16)15-28-26-20(27)10-19(14-25-26)24-13-17-4-3-9-23-12-17/h3-10,12,14,24H,11,13,15H2,1-2H3. The van der Waals surface area contributed by atoms with Crippen molar-refractivity contribution in [2.45, 2.75) is 26.8 Å². The summed E-state index contributed by atoms with van der Waals surface area (Å²) >= 11 is 5.93. The molecule has 0 bridgehead atoms. The van der Waals surface area contributed by atoms with Crippen molar-refractivity contribution in [3.05, 3.63) is 87.6 Å². The summed E-state index contributed by atoms with van der Waals surface area (Å²) in [6, 6.07) is 13.0. The van der Waals surface area contributed by atoms with Crippen LogP contribution in [0.5, 0.6) is 0 Å². The first kappa shape index (κ1) is 19.9. The van der Waals surface area contributed by atoms with Gasteiger partial charge in [0.2, 0.25) is 0 Å². The molecule has 28 heavy (non-hydrogen) atoms. The molecule has 2 aromatic heterocycles. The van der Waals surface area contributed by atoms with Crippen LogP contribution in [0.25, 0.3) is 0 Å². The van der Waals surface area contributed by atoms with E-state index in [1.807, 2.05) is 36.4 Å². The molecule has 0 aliphatic rings. The third-order valence-electron chi connectivity index (χ3n) is 4.16. The number of aromatic nitrogens is 3. The smallest absolute Gasteiger partial charge is 0.305 e. The minimum atomic E-state index is -0.321. The summed E-state index contributed by atoms with van der Waals surface area (Å²) in [6.45, 7) is 5.08. The van der Waals surface area contributed by atoms with Gasteiger partial charge in [0.05, 0.1) is 11.9 Å². The number of anilines is 1. The number of nitrogens with one attached hydrogen (secondary N) is 1. The second kappa shape index (κ2) is 8.89. The lowest BCUT2D eigenvalue weighted by atomic mass is 9.87. The van der Waals surface area contributed by atoms with Crippen LogP contribution in [-0.4, -0.2) is 21.5 Å². The summed E-state index contributed by atoms with van der Waals surface area (Å²) < 4.78 is 0. The number of hydrogen-bond donors (Lipinski definition) is 1. The van der Waals surface area contributed by atoms with Crippen molar-refractivity contribution in [2.24, 2.45) is 5.41 Å². The molecular formula is C21H23ClN4O2. The fourth-order valence-corrected chi connectivity index (χ4v) is 2.87. The van der Waals surface area contributed by atoms with Crippen LogP contribution < -0.4 is 15.7 Å². The molecule has 3 rings (SSSR count). The van der Waals surface area contributed by atoms with E-state index < -0.39 is 0 Å². The molecule has 7 heteroatoms. The molecule has 0 aliphatic heterocycles. The van der Waals surface area contributed by atoms with Gasteiger partial charge in [-0.1, -0.05) is 48.5 Å². The molecule has 146 valence electrons. The van der Waals surface area contributed by atoms with Gasteiger partial charge in [-0.2, -0.15) is 0 Å². The first-order valence-electron chi connectivity index (χ1n) is 9.01. The molecule has 2 heterocycles. The Balaban J connectivity index is 1.56. The van der Waals surface area contributed by atoms with Gasteiger partial charge in [-0.3, -0.25) is 9.78 Å². The van der Waals surface area contributed by atoms with Gasteiger partial charge < -0.3 is 10.2 Å². The summed E-state index contributed by atoms with van der Waals surface area (Å²) in [7, 11) is 0. The number of benzene rings is 1. The van der Waals surface area contributed by atoms with Crippen LogP contribution >= 0.6 is 11.6 Å². The van der Waals surface area contributed by atoms with E-state index in [1.165, 1.54) is 6.07 Å². The van der Waals surface area contributed by atoms with Crippen molar-refractivity contribution >= 4 is 17.3 Å². The zero-order valence-corrected chi connectivity index (χ0v) is 16.7. The monoisotopic (exact) mass is 398 g/mol. The van der Waals surface area contributed by atoms with Gasteiger partial charge in [0.25, 0.3) is 0 Å². The average Bonchev–Trinajstić information content (AvgIpc) is 2.68. The van der Waals surface area contributed by atoms with Crippen LogP contribution in [0.15, 0.2) is 65.8 Å². The summed E-state index contributed by atoms with van der Waals surface area (Å²) in [4.78, 5) is 23.0. The van der Waals surface area contributed by atoms with Crippen molar-refractivity contribution in [1.82, 2.24) is 14.9 Å². The Morgan fingerprint density at radius 1 is 1.14 bits per heavy atom. The molecule has 0 saturated carbocycles. The lowest BCUT2D eigenvalue weighted by Gasteiger charge is -2.24. The third-order valence-corrected chi connectivity index (χ3v) is 4.41. The van der Waals surface area contributed by atoms with Gasteiger partial charge >= 0.3 is 5.56 Å². The molecule has 1 aromatic carbocycles. The van der Waals surface area contributed by atoms with Gasteiger partial charge in [0.1, 0.15) is 6.61 Å². The Bertz CT molecular complexity index is 956. The molecular weight excluding hydrogens is 376 g/mol. The number of rotatable bonds is 8. The van der Waals surface area contributed by atoms with Crippen LogP contribution in [0.1, 0.15) is 25.0 Å². The first-order chi connectivity index (χ1) is 13.4. The van der Waals surface area contributed by atoms with Crippen LogP contribution in [-0.2, 0) is 13.0 Å². The summed E-state index contributed by atoms with van der Waals surface area (Å²) in [5.41, 5.74) is 2.32. The molecule has 0 unspecified atom stereocenters. The summed E-state index contributed by atoms with van der Waals surface area (Å²) in [5.74, 6) is 0. The van der Waals surface area contributed by atoms with E-state index in [4.69, 9.17) is 16.4 Å². The SMILES string of the molecule is CC(C)(COn1ncc(NCc2cccnc2)cc1=O)Cc1ccc(Cl)cc1. The normalized spacial score (nSPS) is 11.2. The van der Waals surface area contributed by atoms with E-state index in [0.717, 1.165) is 22.4 Å². The topological polar surface area (TPSA) is 69.0 Å². The van der Waals surface area contributed by atoms with E-state index in [9.17, 15) is 4.79 Å². The van der Waals surface area contributed by atoms with Crippen molar-refractivity contribution in [2.75, 3.05) is 11.9 Å². The Labute approximate surface area is 169 Å². The molecule has 0 saturated heterocycles. The van der Waals surface area contributed by atoms with E-state index >= 15 is 0 Å². The number of nitrogens with zero attached hydrogens (tertiary/aromatic N) is 3. The van der Waals surface area contributed by atoms with Crippen molar-refractivity contribution in [1.29, 1.82) is 0 Å². The average molecular weight is 399 g/mol. The van der Waals surface area contributed by atoms with E-state index in [-0.39, 0.29) is 11.0 Å². The zero-order valence-electron chi connectivity index (χ0n) is 15.9. The summed E-state index contributed by atoms with van der Waals surface area (Å²) in [6.07, 6.45) is 5.86. The van der Waals surface area contributed by atoms with Gasteiger partial charge in [-0.25, -0.2) is 0 Å². The van der Waals surface area contributed by atoms with Crippen LogP contribution in [0.4, 0.5) is 5.69 Å². The maximum absolute atomic E-state index is 12.3. The highest BCUT2D eigenvalue weighted by molar-refractivity contribution is 6.30. The minimum absolute atomic E-state index is 0.174. The van der Waals surface area contributed by atoms with Gasteiger partial charge in [0, 0.05) is 35.4 Å². The highest BCUT2D eigenvalue weighted by Crippen LogP contribution is 2.22. The lowest BCUT2D eigenvalue weighted by molar-refractivity contribution is 0.0196. The van der Waals surface area contributed by atoms with E-state index in [0.29, 0.717) is 23.9 Å². The zero-order chi connectivity index (χ0) is 20.0. The predicted octanol–water partition coefficient (Wildman–Crippen LogP) is 3.60. The molecule has 0 radical (unpaired) electrons. The van der Waals surface area contributed by atoms with Gasteiger partial charge in [-0.15, -0.1) is 5.10 Å². The lowest BCUT2D eigenvalue weighted by Crippen LogP contribution is -2.35. The van der Waals surface area contributed by atoms with E-state index in [2.05, 4.69) is 29.2 Å². The second-order valence-corrected chi connectivity index (χ2v) is 7.85. The molecule has 0 amide bonds. The van der Waals surface area contributed by atoms with Crippen molar-refractivity contribution in [3.8, 4) is 0 Å². The molecule has 6 nitrogen and oxygen atoms in total. The summed E-state index contributed by atoms with van der Waals surface area (Å²) in [5, 5.41) is 7.97. The van der Waals surface area contributed by atoms with Crippen LogP contribution in [0.3, 0.4) is 0 Å². The Morgan fingerprint density at radius 2 is 1.93 bits per heavy atom. The maximum atomic E-state index is 12.3. The highest BCUT2D eigenvalue weighted by Gasteiger charge is 2.20. The Kier molecular flexibility index (Phi) is 6.31. The molecule has 0 spiro atoms. The Hall–Kier alpha value is -2.86. The Morgan fingerprint density at radius 3 is 2.61 bits per heavy atom. The second-order valence-electron chi connectivity index (χ2n) is 7.41. The van der Waals surface area contributed by atoms with Gasteiger partial charge in [0.15, 0.2) is 0 Å². The predicted molar refractivity (Wildman–Crippen MR) is 110 cm³/mol. The molecule has 0 aliphatic carbocycles. The first-order valence-corrected chi connectivity index (χ1v) is 9.39. The molecule has 0 fully saturated rings. The number of hydrogen-bond acceptors (Lipinski definition) is 5. The van der Waals surface area contributed by atoms with Crippen LogP contribution in [0.2, 0.25) is 5.02 Å². The van der Waals surface area contributed by atoms with Crippen LogP contribution in [0, 0.1) is 5.41 Å². The molecule has 3 aromatic rings. The molecule has 0 atom stereocenters. The van der Waals surface area contributed by atoms with Crippen molar-refractivity contribution < 1.29 is 4.84 Å². The van der Waals surface area contributed by atoms with Gasteiger partial charge in [-0.05, 0) is 35.7 Å². The fourth-order valence-electron chi connectivity index (χ4n) is 2.74. The maximum Gasteiger partial charge on any atom is 0.305 e. The number of halogens is 1. The van der Waals surface area contributed by atoms with E-state index in [1.54, 1.807) is 18.6 Å². The highest BCUT2D eigenvalue weighted by atomic mass is 35.5. The van der Waals surface area contributed by atoms with Crippen molar-refractivity contribution in [3.63, 3.8) is 0 Å². The number of pyridine rings is 1. The molecule has 1 N–H and O–H groups in total. The minimum Gasteiger partial charge on any atom is -0.393 e.